The minimum atomic E-state index is -7.22. The number of ketones is 1. The first-order chi connectivity index (χ1) is 27.7. The van der Waals surface area contributed by atoms with Crippen LogP contribution in [-0.2, 0) is 10.9 Å². The van der Waals surface area contributed by atoms with Gasteiger partial charge in [0.1, 0.15) is 58.2 Å². The Bertz CT molecular complexity index is 2240. The molecule has 0 bridgehead atoms. The number of nitro benzene ring substituents is 1. The highest BCUT2D eigenvalue weighted by Crippen LogP contribution is 2.31. The monoisotopic (exact) mass is 905 g/mol. The number of carbonyl (C=O) groups is 1. The third-order valence-electron chi connectivity index (χ3n) is 8.53. The fourth-order valence-electron chi connectivity index (χ4n) is 6.08. The number of rotatable bonds is 8. The van der Waals surface area contributed by atoms with Crippen LogP contribution in [0.5, 0.6) is 0 Å². The van der Waals surface area contributed by atoms with E-state index >= 15 is 35.1 Å². The predicted octanol–water partition coefficient (Wildman–Crippen LogP) is 7.50. The average Bonchev–Trinajstić information content (AvgIpc) is 3.20. The second-order valence-corrected chi connectivity index (χ2v) is 14.4. The molecule has 5 rings (SSSR count). The van der Waals surface area contributed by atoms with Crippen LogP contribution in [0.3, 0.4) is 0 Å². The summed E-state index contributed by atoms with van der Waals surface area (Å²) >= 11 is 0. The van der Waals surface area contributed by atoms with Gasteiger partial charge in [0.2, 0.25) is 5.78 Å². The molecule has 0 heterocycles. The number of halogens is 20. The van der Waals surface area contributed by atoms with Crippen molar-refractivity contribution in [2.45, 2.75) is 0 Å². The highest BCUT2D eigenvalue weighted by Gasteiger charge is 2.52. The topological polar surface area (TPSA) is 60.2 Å². The first-order valence-electron chi connectivity index (χ1n) is 15.3. The van der Waals surface area contributed by atoms with E-state index in [9.17, 15) is 67.6 Å². The molecule has 0 saturated carbocycles. The average molecular weight is 905 g/mol. The van der Waals surface area contributed by atoms with Gasteiger partial charge in [-0.2, -0.15) is 0 Å². The van der Waals surface area contributed by atoms with Gasteiger partial charge in [-0.3, -0.25) is 14.9 Å². The normalized spacial score (nSPS) is 11.6. The Morgan fingerprint density at radius 2 is 0.667 bits per heavy atom. The molecule has 60 heavy (non-hydrogen) atoms. The maximum absolute atomic E-state index is 15.4. The number of nitro groups is 1. The molecule has 0 aromatic heterocycles. The van der Waals surface area contributed by atoms with Crippen molar-refractivity contribution in [1.82, 2.24) is 0 Å². The van der Waals surface area contributed by atoms with Crippen LogP contribution in [0.1, 0.15) is 10.4 Å². The van der Waals surface area contributed by atoms with E-state index in [1.807, 2.05) is 12.5 Å². The van der Waals surface area contributed by atoms with E-state index in [0.29, 0.717) is 5.75 Å². The second kappa shape index (κ2) is 17.0. The zero-order valence-electron chi connectivity index (χ0n) is 28.7. The molecule has 5 aromatic carbocycles. The van der Waals surface area contributed by atoms with Crippen molar-refractivity contribution in [3.05, 3.63) is 156 Å². The third kappa shape index (κ3) is 7.26. The summed E-state index contributed by atoms with van der Waals surface area (Å²) in [5.41, 5.74) is -14.2. The van der Waals surface area contributed by atoms with E-state index in [-0.39, 0.29) is 27.9 Å². The highest BCUT2D eigenvalue weighted by atomic mass is 32.2. The van der Waals surface area contributed by atoms with Crippen LogP contribution in [0.2, 0.25) is 0 Å². The Kier molecular flexibility index (Phi) is 13.3. The van der Waals surface area contributed by atoms with Crippen LogP contribution in [0.4, 0.5) is 93.5 Å². The molecule has 0 aliphatic heterocycles. The number of carbonyl (C=O) groups excluding carboxylic acids is 1. The van der Waals surface area contributed by atoms with Crippen molar-refractivity contribution in [2.75, 3.05) is 18.3 Å². The summed E-state index contributed by atoms with van der Waals surface area (Å²) in [5.74, 6) is -71.2. The van der Waals surface area contributed by atoms with Crippen molar-refractivity contribution in [3.8, 4) is 0 Å². The van der Waals surface area contributed by atoms with Crippen molar-refractivity contribution < 1.29 is 97.5 Å². The van der Waals surface area contributed by atoms with Gasteiger partial charge in [-0.15, -0.1) is 21.9 Å². The van der Waals surface area contributed by atoms with Gasteiger partial charge in [-0.05, 0) is 17.0 Å². The second-order valence-electron chi connectivity index (χ2n) is 12.1. The van der Waals surface area contributed by atoms with Gasteiger partial charge in [-0.25, -0.2) is 87.8 Å². The van der Waals surface area contributed by atoms with Crippen LogP contribution < -0.4 is 21.9 Å². The number of hydrogen-bond acceptors (Lipinski definition) is 3. The van der Waals surface area contributed by atoms with E-state index in [1.165, 1.54) is 12.1 Å². The minimum absolute atomic E-state index is 0.0398. The quantitative estimate of drug-likeness (QED) is 0.0237. The van der Waals surface area contributed by atoms with Gasteiger partial charge in [-0.1, -0.05) is 12.1 Å². The molecule has 0 amide bonds. The first-order valence-corrected chi connectivity index (χ1v) is 17.5. The van der Waals surface area contributed by atoms with Crippen LogP contribution in [0.25, 0.3) is 0 Å². The molecule has 0 spiro atoms. The Labute approximate surface area is 322 Å². The molecular weight excluding hydrogens is 893 g/mol. The molecule has 0 unspecified atom stereocenters. The number of Topliss-reactive ketones (excluding diaryl/α,β-unsaturated/α-hetero) is 1. The summed E-state index contributed by atoms with van der Waals surface area (Å²) in [6.07, 6.45) is -3.34. The fourth-order valence-corrected chi connectivity index (χ4v) is 6.76. The molecule has 320 valence electrons. The molecule has 0 aliphatic rings. The lowest BCUT2D eigenvalue weighted by Gasteiger charge is -2.44. The van der Waals surface area contributed by atoms with Crippen LogP contribution >= 0.6 is 0 Å². The SMILES string of the molecule is C[S+](C)CC(=O)c1ccccc1[N+](=O)[O-].Fc1c(F)c(F)c([B-](c2c(F)c(F)c(F)c(F)c2F)(c2c(F)c(F)c(F)c(F)c2F)c2c(F)c(F)c(F)c(F)c2F)c(F)c1F. The van der Waals surface area contributed by atoms with Crippen molar-refractivity contribution in [2.24, 2.45) is 0 Å². The summed E-state index contributed by atoms with van der Waals surface area (Å²) in [6.45, 7) is 0. The summed E-state index contributed by atoms with van der Waals surface area (Å²) < 4.78 is 294. The first kappa shape index (κ1) is 46.9. The van der Waals surface area contributed by atoms with E-state index in [0.717, 1.165) is 0 Å². The Balaban J connectivity index is 0.000000445. The maximum Gasteiger partial charge on any atom is 0.280 e. The maximum atomic E-state index is 15.4. The number of hydrogen-bond donors (Lipinski definition) is 0. The van der Waals surface area contributed by atoms with Gasteiger partial charge in [0.05, 0.1) is 17.4 Å². The Morgan fingerprint density at radius 1 is 0.450 bits per heavy atom. The van der Waals surface area contributed by atoms with Gasteiger partial charge in [0, 0.05) is 6.07 Å². The Hall–Kier alpha value is -5.82. The molecule has 0 atom stereocenters. The molecule has 26 heteroatoms. The highest BCUT2D eigenvalue weighted by molar-refractivity contribution is 7.96. The molecule has 0 radical (unpaired) electrons. The molecule has 4 nitrogen and oxygen atoms in total. The zero-order chi connectivity index (χ0) is 45.8. The standard InChI is InChI=1S/C24BF20.C10H12NO3S/c26-5-1(6(27)14(35)21(42)13(5)34)25(2-7(28)15(36)22(43)16(37)8(2)29,3-9(30)17(38)23(44)18(39)10(3)31)4-11(32)19(40)24(45)20(41)12(4)33;1-15(2)7-10(12)8-5-3-4-6-9(8)11(13)14/h;3-6H,7H2,1-2H3/q-1;+1. The van der Waals surface area contributed by atoms with Crippen molar-refractivity contribution >= 4 is 50.4 Å². The molecule has 0 saturated heterocycles. The summed E-state index contributed by atoms with van der Waals surface area (Å²) in [6, 6.07) is 6.07. The van der Waals surface area contributed by atoms with E-state index < -0.39 is 149 Å². The molecule has 0 aliphatic carbocycles. The lowest BCUT2D eigenvalue weighted by Crippen LogP contribution is -2.81. The van der Waals surface area contributed by atoms with E-state index in [2.05, 4.69) is 0 Å². The molecule has 0 fully saturated rings. The zero-order valence-corrected chi connectivity index (χ0v) is 29.5. The van der Waals surface area contributed by atoms with Gasteiger partial charge >= 0.3 is 0 Å². The van der Waals surface area contributed by atoms with Gasteiger partial charge < -0.3 is 0 Å². The molecule has 5 aromatic rings. The minimum Gasteiger partial charge on any atom is -0.289 e. The van der Waals surface area contributed by atoms with E-state index in [1.54, 1.807) is 12.1 Å². The van der Waals surface area contributed by atoms with Crippen LogP contribution in [0, 0.1) is 126 Å². The number of para-hydroxylation sites is 1. The number of nitrogens with zero attached hydrogens (tertiary/aromatic N) is 1. The predicted molar refractivity (Wildman–Crippen MR) is 171 cm³/mol. The summed E-state index contributed by atoms with van der Waals surface area (Å²) in [4.78, 5) is 21.8. The van der Waals surface area contributed by atoms with Crippen molar-refractivity contribution in [1.29, 1.82) is 0 Å². The summed E-state index contributed by atoms with van der Waals surface area (Å²) in [7, 11) is -0.0398. The lowest BCUT2D eigenvalue weighted by molar-refractivity contribution is -0.385. The third-order valence-corrected chi connectivity index (χ3v) is 9.37. The largest absolute Gasteiger partial charge is 0.289 e. The smallest absolute Gasteiger partial charge is 0.280 e. The van der Waals surface area contributed by atoms with E-state index in [4.69, 9.17) is 0 Å². The van der Waals surface area contributed by atoms with Gasteiger partial charge in [0.15, 0.2) is 75.6 Å². The van der Waals surface area contributed by atoms with Crippen molar-refractivity contribution in [3.63, 3.8) is 0 Å². The van der Waals surface area contributed by atoms with Gasteiger partial charge in [0.25, 0.3) is 5.69 Å². The molecular formula is C34H12BF20NO3S. The fraction of sp³-hybridized carbons (Fsp3) is 0.0882. The summed E-state index contributed by atoms with van der Waals surface area (Å²) in [5, 5.41) is 10.7. The van der Waals surface area contributed by atoms with Crippen LogP contribution in [0.15, 0.2) is 24.3 Å². The number of benzene rings is 5. The Morgan fingerprint density at radius 3 is 0.883 bits per heavy atom. The van der Waals surface area contributed by atoms with Crippen LogP contribution in [-0.4, -0.2) is 35.1 Å². The lowest BCUT2D eigenvalue weighted by atomic mass is 9.12. The molecule has 0 N–H and O–H groups in total.